The molecule has 0 aliphatic heterocycles. The van der Waals surface area contributed by atoms with Crippen LogP contribution in [-0.2, 0) is 9.84 Å². The van der Waals surface area contributed by atoms with Gasteiger partial charge in [0.2, 0.25) is 9.84 Å². The minimum Gasteiger partial charge on any atom is -0.356 e. The molecule has 0 unspecified atom stereocenters. The Labute approximate surface area is 54.0 Å². The molecule has 0 aromatic heterocycles. The van der Waals surface area contributed by atoms with Crippen molar-refractivity contribution in [2.24, 2.45) is 5.73 Å². The number of amides is 1. The van der Waals surface area contributed by atoms with Gasteiger partial charge in [0.1, 0.15) is 0 Å². The molecule has 1 radical (unpaired) electrons. The van der Waals surface area contributed by atoms with Crippen LogP contribution in [0.25, 0.3) is 0 Å². The van der Waals surface area contributed by atoms with Crippen LogP contribution in [0.4, 0.5) is 4.79 Å². The quantitative estimate of drug-likeness (QED) is 0.587. The molecule has 0 saturated carbocycles. The molecule has 0 atom stereocenters. The van der Waals surface area contributed by atoms with Gasteiger partial charge >= 0.3 is 5.24 Å². The molecule has 2 N–H and O–H groups in total. The van der Waals surface area contributed by atoms with Crippen molar-refractivity contribution in [1.82, 2.24) is 0 Å². The standard InChI is InChI=1S/C4H8NO3S/c1-2-3-9(7,8)4(5)6/h2H,3H2,1H3,(H2,5,6). The minimum absolute atomic E-state index is 0.275. The molecule has 0 aromatic rings. The summed E-state index contributed by atoms with van der Waals surface area (Å²) in [7, 11) is -3.66. The van der Waals surface area contributed by atoms with Gasteiger partial charge in [0.25, 0.3) is 0 Å². The van der Waals surface area contributed by atoms with Crippen molar-refractivity contribution in [3.8, 4) is 0 Å². The largest absolute Gasteiger partial charge is 0.356 e. The zero-order valence-corrected chi connectivity index (χ0v) is 5.81. The first-order chi connectivity index (χ1) is 4.00. The van der Waals surface area contributed by atoms with E-state index in [1.807, 2.05) is 0 Å². The van der Waals surface area contributed by atoms with Gasteiger partial charge in [-0.2, -0.15) is 0 Å². The Hall–Kier alpha value is -0.580. The van der Waals surface area contributed by atoms with E-state index >= 15 is 0 Å². The third-order valence-electron chi connectivity index (χ3n) is 0.693. The Bertz CT molecular complexity index is 194. The average molecular weight is 150 g/mol. The molecule has 0 aliphatic carbocycles. The first-order valence-electron chi connectivity index (χ1n) is 2.30. The molecule has 5 heteroatoms. The van der Waals surface area contributed by atoms with Crippen molar-refractivity contribution in [3.63, 3.8) is 0 Å². The predicted octanol–water partition coefficient (Wildman–Crippen LogP) is -0.296. The van der Waals surface area contributed by atoms with Gasteiger partial charge in [-0.15, -0.1) is 0 Å². The first-order valence-corrected chi connectivity index (χ1v) is 3.96. The van der Waals surface area contributed by atoms with Crippen LogP contribution in [0.1, 0.15) is 6.92 Å². The van der Waals surface area contributed by atoms with Gasteiger partial charge in [0.05, 0.1) is 5.75 Å². The van der Waals surface area contributed by atoms with Gasteiger partial charge in [0, 0.05) is 0 Å². The van der Waals surface area contributed by atoms with E-state index in [2.05, 4.69) is 5.73 Å². The molecule has 0 aliphatic rings. The summed E-state index contributed by atoms with van der Waals surface area (Å²) in [5, 5.41) is -1.26. The summed E-state index contributed by atoms with van der Waals surface area (Å²) >= 11 is 0. The van der Waals surface area contributed by atoms with Crippen molar-refractivity contribution in [1.29, 1.82) is 0 Å². The van der Waals surface area contributed by atoms with Gasteiger partial charge in [-0.05, 0) is 6.42 Å². The second-order valence-electron chi connectivity index (χ2n) is 1.51. The molecule has 53 valence electrons. The maximum Gasteiger partial charge on any atom is 0.333 e. The fourth-order valence-electron chi connectivity index (χ4n) is 0.302. The van der Waals surface area contributed by atoms with Gasteiger partial charge in [0.15, 0.2) is 0 Å². The number of nitrogens with two attached hydrogens (primary N) is 1. The van der Waals surface area contributed by atoms with E-state index in [0.29, 0.717) is 0 Å². The van der Waals surface area contributed by atoms with E-state index in [0.717, 1.165) is 0 Å². The van der Waals surface area contributed by atoms with Gasteiger partial charge < -0.3 is 5.73 Å². The molecular formula is C4H8NO3S. The second-order valence-corrected chi connectivity index (χ2v) is 3.47. The lowest BCUT2D eigenvalue weighted by atomic mass is 10.6. The van der Waals surface area contributed by atoms with Crippen molar-refractivity contribution in [2.75, 3.05) is 5.75 Å². The summed E-state index contributed by atoms with van der Waals surface area (Å²) in [6.07, 6.45) is 1.36. The summed E-state index contributed by atoms with van der Waals surface area (Å²) in [5.74, 6) is -0.275. The fraction of sp³-hybridized carbons (Fsp3) is 0.500. The number of rotatable bonds is 2. The third kappa shape index (κ3) is 2.46. The molecule has 0 aromatic carbocycles. The second kappa shape index (κ2) is 2.82. The van der Waals surface area contributed by atoms with Crippen LogP contribution < -0.4 is 5.73 Å². The SMILES string of the molecule is C[CH]CS(=O)(=O)C(N)=O. The van der Waals surface area contributed by atoms with Crippen molar-refractivity contribution in [3.05, 3.63) is 6.42 Å². The van der Waals surface area contributed by atoms with Crippen LogP contribution in [0.2, 0.25) is 0 Å². The Morgan fingerprint density at radius 1 is 1.67 bits per heavy atom. The van der Waals surface area contributed by atoms with E-state index in [1.165, 1.54) is 6.42 Å². The molecule has 9 heavy (non-hydrogen) atoms. The topological polar surface area (TPSA) is 77.2 Å². The lowest BCUT2D eigenvalue weighted by molar-refractivity contribution is 0.265. The molecule has 1 amide bonds. The number of hydrogen-bond acceptors (Lipinski definition) is 3. The molecular weight excluding hydrogens is 142 g/mol. The molecule has 0 fully saturated rings. The van der Waals surface area contributed by atoms with Crippen molar-refractivity contribution in [2.45, 2.75) is 6.92 Å². The molecule has 0 spiro atoms. The van der Waals surface area contributed by atoms with Crippen LogP contribution in [0, 0.1) is 6.42 Å². The number of sulfone groups is 1. The Morgan fingerprint density at radius 2 is 2.11 bits per heavy atom. The zero-order valence-electron chi connectivity index (χ0n) is 4.99. The van der Waals surface area contributed by atoms with Gasteiger partial charge in [-0.3, -0.25) is 4.79 Å². The maximum atomic E-state index is 10.4. The van der Waals surface area contributed by atoms with E-state index in [-0.39, 0.29) is 5.75 Å². The highest BCUT2D eigenvalue weighted by Gasteiger charge is 2.15. The summed E-state index contributed by atoms with van der Waals surface area (Å²) in [5.41, 5.74) is 4.51. The Kier molecular flexibility index (Phi) is 2.64. The van der Waals surface area contributed by atoms with Crippen LogP contribution in [-0.4, -0.2) is 19.4 Å². The van der Waals surface area contributed by atoms with E-state index < -0.39 is 15.1 Å². The normalized spacial score (nSPS) is 11.2. The number of primary amides is 1. The molecule has 0 bridgehead atoms. The van der Waals surface area contributed by atoms with Crippen molar-refractivity contribution >= 4 is 15.1 Å². The van der Waals surface area contributed by atoms with Crippen LogP contribution >= 0.6 is 0 Å². The smallest absolute Gasteiger partial charge is 0.333 e. The number of carbonyl (C=O) groups is 1. The van der Waals surface area contributed by atoms with Crippen LogP contribution in [0.5, 0.6) is 0 Å². The van der Waals surface area contributed by atoms with E-state index in [4.69, 9.17) is 0 Å². The van der Waals surface area contributed by atoms with Gasteiger partial charge in [-0.1, -0.05) is 6.92 Å². The van der Waals surface area contributed by atoms with Crippen molar-refractivity contribution < 1.29 is 13.2 Å². The average Bonchev–Trinajstić information content (AvgIpc) is 1.65. The van der Waals surface area contributed by atoms with Gasteiger partial charge in [-0.25, -0.2) is 8.42 Å². The summed E-state index contributed by atoms with van der Waals surface area (Å²) in [4.78, 5) is 10.0. The lowest BCUT2D eigenvalue weighted by Crippen LogP contribution is -2.24. The third-order valence-corrected chi connectivity index (χ3v) is 2.08. The van der Waals surface area contributed by atoms with E-state index in [1.54, 1.807) is 6.92 Å². The van der Waals surface area contributed by atoms with Crippen LogP contribution in [0.15, 0.2) is 0 Å². The first kappa shape index (κ1) is 8.42. The summed E-state index contributed by atoms with van der Waals surface area (Å²) < 4.78 is 20.8. The van der Waals surface area contributed by atoms with Crippen LogP contribution in [0.3, 0.4) is 0 Å². The molecule has 4 nitrogen and oxygen atoms in total. The monoisotopic (exact) mass is 150 g/mol. The Balaban J connectivity index is 4.23. The summed E-state index contributed by atoms with van der Waals surface area (Å²) in [6.45, 7) is 1.54. The minimum atomic E-state index is -3.66. The lowest BCUT2D eigenvalue weighted by Gasteiger charge is -1.92. The molecule has 0 saturated heterocycles. The summed E-state index contributed by atoms with van der Waals surface area (Å²) in [6, 6.07) is 0. The highest BCUT2D eigenvalue weighted by molar-refractivity contribution is 8.06. The maximum absolute atomic E-state index is 10.4. The fourth-order valence-corrected chi connectivity index (χ4v) is 0.905. The Morgan fingerprint density at radius 3 is 2.22 bits per heavy atom. The predicted molar refractivity (Wildman–Crippen MR) is 33.3 cm³/mol. The highest BCUT2D eigenvalue weighted by Crippen LogP contribution is 1.90. The number of hydrogen-bond donors (Lipinski definition) is 1. The highest BCUT2D eigenvalue weighted by atomic mass is 32.2. The number of carbonyl (C=O) groups excluding carboxylic acids is 1. The van der Waals surface area contributed by atoms with E-state index in [9.17, 15) is 13.2 Å². The molecule has 0 heterocycles. The zero-order chi connectivity index (χ0) is 7.49. The molecule has 0 rings (SSSR count).